The summed E-state index contributed by atoms with van der Waals surface area (Å²) in [7, 11) is 2.83. The molecule has 0 spiro atoms. The number of phenolic OH excluding ortho intramolecular Hbond substituents is 1. The second kappa shape index (κ2) is 21.5. The van der Waals surface area contributed by atoms with E-state index in [1.54, 1.807) is 12.1 Å². The first-order valence-corrected chi connectivity index (χ1v) is 18.0. The Morgan fingerprint density at radius 3 is 1.89 bits per heavy atom. The Hall–Kier alpha value is -6.43. The molecule has 302 valence electrons. The van der Waals surface area contributed by atoms with Crippen LogP contribution in [0.15, 0.2) is 76.7 Å². The fraction of sp³-hybridized carbons (Fsp3) is 0.395. The molecule has 0 saturated carbocycles. The molecular formula is C38H53N11O7. The number of nitrogens with one attached hydrogen (secondary N) is 2. The first-order valence-electron chi connectivity index (χ1n) is 18.0. The number of phenols is 1. The van der Waals surface area contributed by atoms with Gasteiger partial charge in [0.1, 0.15) is 30.4 Å². The van der Waals surface area contributed by atoms with Gasteiger partial charge in [-0.1, -0.05) is 54.6 Å². The zero-order valence-electron chi connectivity index (χ0n) is 31.6. The third-order valence-corrected chi connectivity index (χ3v) is 9.09. The van der Waals surface area contributed by atoms with Gasteiger partial charge in [-0.15, -0.1) is 0 Å². The van der Waals surface area contributed by atoms with Gasteiger partial charge >= 0.3 is 5.97 Å². The second-order valence-electron chi connectivity index (χ2n) is 13.4. The highest BCUT2D eigenvalue weighted by atomic mass is 16.4. The van der Waals surface area contributed by atoms with E-state index in [2.05, 4.69) is 20.6 Å². The van der Waals surface area contributed by atoms with Crippen LogP contribution in [0, 0.1) is 0 Å². The van der Waals surface area contributed by atoms with Gasteiger partial charge in [0.2, 0.25) is 23.6 Å². The van der Waals surface area contributed by atoms with Crippen LogP contribution in [0.4, 0.5) is 0 Å². The van der Waals surface area contributed by atoms with Gasteiger partial charge in [0.25, 0.3) is 0 Å². The van der Waals surface area contributed by atoms with Gasteiger partial charge in [0, 0.05) is 33.6 Å². The molecule has 18 heteroatoms. The zero-order valence-corrected chi connectivity index (χ0v) is 31.6. The van der Waals surface area contributed by atoms with E-state index in [9.17, 15) is 34.2 Å². The number of aromatic hydroxyl groups is 1. The minimum absolute atomic E-state index is 0.0246. The predicted octanol–water partition coefficient (Wildman–Crippen LogP) is -0.895. The molecule has 0 heterocycles. The minimum atomic E-state index is -1.27. The number of aliphatic carboxylic acids is 1. The molecule has 0 aliphatic rings. The van der Waals surface area contributed by atoms with Crippen molar-refractivity contribution in [1.82, 2.24) is 20.4 Å². The van der Waals surface area contributed by atoms with Crippen LogP contribution in [0.25, 0.3) is 10.8 Å². The number of amides is 4. The van der Waals surface area contributed by atoms with E-state index < -0.39 is 60.3 Å². The quantitative estimate of drug-likeness (QED) is 0.0362. The van der Waals surface area contributed by atoms with Crippen molar-refractivity contribution in [2.75, 3.05) is 33.7 Å². The molecule has 0 saturated heterocycles. The highest BCUT2D eigenvalue weighted by molar-refractivity contribution is 5.95. The molecule has 0 unspecified atom stereocenters. The molecule has 14 N–H and O–H groups in total. The van der Waals surface area contributed by atoms with Gasteiger partial charge in [0.05, 0.1) is 6.04 Å². The van der Waals surface area contributed by atoms with Crippen molar-refractivity contribution in [3.05, 3.63) is 77.9 Å². The maximum Gasteiger partial charge on any atom is 0.322 e. The third-order valence-electron chi connectivity index (χ3n) is 9.09. The summed E-state index contributed by atoms with van der Waals surface area (Å²) in [6.45, 7) is -0.401. The van der Waals surface area contributed by atoms with Crippen molar-refractivity contribution in [1.29, 1.82) is 0 Å². The number of aliphatic imine (C=N–C) groups is 2. The number of carboxylic acid groups (broad SMARTS) is 1. The lowest BCUT2D eigenvalue weighted by atomic mass is 9.99. The topological polar surface area (TPSA) is 311 Å². The minimum Gasteiger partial charge on any atom is -0.508 e. The summed E-state index contributed by atoms with van der Waals surface area (Å²) < 4.78 is 0. The van der Waals surface area contributed by atoms with Crippen molar-refractivity contribution in [2.24, 2.45) is 38.7 Å². The fourth-order valence-corrected chi connectivity index (χ4v) is 6.09. The average molecular weight is 776 g/mol. The Bertz CT molecular complexity index is 1880. The van der Waals surface area contributed by atoms with Crippen LogP contribution in [0.3, 0.4) is 0 Å². The summed E-state index contributed by atoms with van der Waals surface area (Å²) in [4.78, 5) is 77.4. The van der Waals surface area contributed by atoms with Crippen molar-refractivity contribution >= 4 is 52.3 Å². The van der Waals surface area contributed by atoms with Gasteiger partial charge in [-0.25, -0.2) is 0 Å². The molecule has 56 heavy (non-hydrogen) atoms. The van der Waals surface area contributed by atoms with Crippen LogP contribution in [0.5, 0.6) is 5.75 Å². The van der Waals surface area contributed by atoms with E-state index >= 15 is 0 Å². The second-order valence-corrected chi connectivity index (χ2v) is 13.4. The van der Waals surface area contributed by atoms with E-state index in [-0.39, 0.29) is 69.3 Å². The number of rotatable bonds is 21. The highest BCUT2D eigenvalue weighted by Gasteiger charge is 2.36. The Balaban J connectivity index is 1.93. The molecule has 4 amide bonds. The Morgan fingerprint density at radius 1 is 0.714 bits per heavy atom. The first kappa shape index (κ1) is 44.0. The fourth-order valence-electron chi connectivity index (χ4n) is 6.09. The highest BCUT2D eigenvalue weighted by Crippen LogP contribution is 2.20. The van der Waals surface area contributed by atoms with Crippen LogP contribution in [-0.4, -0.2) is 119 Å². The Kier molecular flexibility index (Phi) is 16.8. The molecule has 18 nitrogen and oxygen atoms in total. The standard InChI is InChI=1S/C38H53N11O7/c1-48(35(55)28(39)20-23-12-15-27(50)16-13-23)30(10-6-18-45-38(42)43)34(54)47-29(9-5-17-44-37(40)41)36(56)49(2)31(33(53)46-22-32(51)52)21-24-11-14-25-7-3-4-8-26(25)19-24/h3-4,7-8,11-16,19,28-31,50H,5-6,9-10,17-18,20-22,39H2,1-2H3,(H,46,53)(H,47,54)(H,51,52)(H4,40,41,44)(H4,42,43,45)/t28-,29+,30+,31+/m1/s1. The summed E-state index contributed by atoms with van der Waals surface area (Å²) in [5, 5.41) is 25.9. The smallest absolute Gasteiger partial charge is 0.322 e. The Labute approximate surface area is 325 Å². The number of guanidine groups is 2. The molecule has 3 aromatic rings. The van der Waals surface area contributed by atoms with E-state index in [1.165, 1.54) is 36.0 Å². The Morgan fingerprint density at radius 2 is 1.29 bits per heavy atom. The molecule has 3 rings (SSSR count). The molecule has 0 aliphatic carbocycles. The maximum atomic E-state index is 14.4. The summed E-state index contributed by atoms with van der Waals surface area (Å²) in [5.41, 5.74) is 29.7. The van der Waals surface area contributed by atoms with E-state index in [4.69, 9.17) is 28.7 Å². The first-order chi connectivity index (χ1) is 26.6. The molecule has 0 bridgehead atoms. The normalized spacial score (nSPS) is 13.0. The number of nitrogens with two attached hydrogens (primary N) is 5. The SMILES string of the molecule is CN(C(=O)[C@H](N)Cc1ccc(O)cc1)[C@@H](CCCN=C(N)N)C(=O)N[C@@H](CCCN=C(N)N)C(=O)N(C)[C@@H](Cc1ccc2ccccc2c1)C(=O)NCC(=O)O. The monoisotopic (exact) mass is 775 g/mol. The van der Waals surface area contributed by atoms with E-state index in [1.807, 2.05) is 42.5 Å². The van der Waals surface area contributed by atoms with Crippen molar-refractivity contribution in [2.45, 2.75) is 62.7 Å². The summed E-state index contributed by atoms with van der Waals surface area (Å²) in [6.07, 6.45) is 0.779. The molecule has 0 fully saturated rings. The lowest BCUT2D eigenvalue weighted by molar-refractivity contribution is -0.145. The van der Waals surface area contributed by atoms with Crippen LogP contribution < -0.4 is 39.3 Å². The number of carbonyl (C=O) groups excluding carboxylic acids is 4. The number of benzene rings is 3. The summed E-state index contributed by atoms with van der Waals surface area (Å²) in [5.74, 6) is -4.14. The predicted molar refractivity (Wildman–Crippen MR) is 213 cm³/mol. The largest absolute Gasteiger partial charge is 0.508 e. The van der Waals surface area contributed by atoms with Crippen LogP contribution in [0.2, 0.25) is 0 Å². The average Bonchev–Trinajstić information content (AvgIpc) is 3.16. The molecule has 4 atom stereocenters. The van der Waals surface area contributed by atoms with Crippen molar-refractivity contribution in [3.63, 3.8) is 0 Å². The van der Waals surface area contributed by atoms with Gasteiger partial charge in [-0.3, -0.25) is 34.0 Å². The number of carbonyl (C=O) groups is 5. The molecule has 0 aliphatic heterocycles. The molecule has 0 aromatic heterocycles. The van der Waals surface area contributed by atoms with Crippen molar-refractivity contribution < 1.29 is 34.2 Å². The number of likely N-dealkylation sites (N-methyl/N-ethyl adjacent to an activating group) is 2. The molecule has 3 aromatic carbocycles. The van der Waals surface area contributed by atoms with Gasteiger partial charge < -0.3 is 59.3 Å². The third kappa shape index (κ3) is 13.8. The number of fused-ring (bicyclic) bond motifs is 1. The summed E-state index contributed by atoms with van der Waals surface area (Å²) >= 11 is 0. The van der Waals surface area contributed by atoms with Gasteiger partial charge in [0.15, 0.2) is 11.9 Å². The van der Waals surface area contributed by atoms with E-state index in [0.717, 1.165) is 10.8 Å². The van der Waals surface area contributed by atoms with Crippen molar-refractivity contribution in [3.8, 4) is 5.75 Å². The lowest BCUT2D eigenvalue weighted by Crippen LogP contribution is -2.58. The van der Waals surface area contributed by atoms with Crippen LogP contribution in [0.1, 0.15) is 36.8 Å². The van der Waals surface area contributed by atoms with Crippen LogP contribution in [-0.2, 0) is 36.8 Å². The number of hydrogen-bond donors (Lipinski definition) is 9. The number of carboxylic acids is 1. The lowest BCUT2D eigenvalue weighted by Gasteiger charge is -2.33. The van der Waals surface area contributed by atoms with E-state index in [0.29, 0.717) is 11.1 Å². The van der Waals surface area contributed by atoms with Gasteiger partial charge in [-0.2, -0.15) is 0 Å². The molecular weight excluding hydrogens is 722 g/mol. The van der Waals surface area contributed by atoms with Gasteiger partial charge in [-0.05, 0) is 66.1 Å². The van der Waals surface area contributed by atoms with Crippen LogP contribution >= 0.6 is 0 Å². The summed E-state index contributed by atoms with van der Waals surface area (Å²) in [6, 6.07) is 14.8. The number of nitrogens with zero attached hydrogens (tertiary/aromatic N) is 4. The zero-order chi connectivity index (χ0) is 41.4. The number of hydrogen-bond acceptors (Lipinski definition) is 9. The maximum absolute atomic E-state index is 14.4. The molecule has 0 radical (unpaired) electrons.